The lowest BCUT2D eigenvalue weighted by atomic mass is 10.0. The van der Waals surface area contributed by atoms with Crippen molar-refractivity contribution in [2.24, 2.45) is 0 Å². The van der Waals surface area contributed by atoms with Crippen LogP contribution in [-0.4, -0.2) is 23.3 Å². The second kappa shape index (κ2) is 7.50. The summed E-state index contributed by atoms with van der Waals surface area (Å²) < 4.78 is 0. The zero-order chi connectivity index (χ0) is 14.4. The van der Waals surface area contributed by atoms with Crippen LogP contribution < -0.4 is 5.32 Å². The Bertz CT molecular complexity index is 548. The summed E-state index contributed by atoms with van der Waals surface area (Å²) >= 11 is 1.72. The maximum absolute atomic E-state index is 4.35. The van der Waals surface area contributed by atoms with Crippen LogP contribution in [0.4, 0.5) is 0 Å². The van der Waals surface area contributed by atoms with Crippen molar-refractivity contribution in [1.29, 1.82) is 0 Å². The van der Waals surface area contributed by atoms with Crippen LogP contribution in [-0.2, 0) is 6.42 Å². The SMILES string of the molecule is CCCNCCCc1nnc(-c2cccc(C)c2C)s1. The van der Waals surface area contributed by atoms with Gasteiger partial charge in [0.1, 0.15) is 10.0 Å². The van der Waals surface area contributed by atoms with Gasteiger partial charge in [0.25, 0.3) is 0 Å². The van der Waals surface area contributed by atoms with Gasteiger partial charge in [0.2, 0.25) is 0 Å². The van der Waals surface area contributed by atoms with Crippen molar-refractivity contribution in [3.8, 4) is 10.6 Å². The van der Waals surface area contributed by atoms with Crippen LogP contribution in [0.3, 0.4) is 0 Å². The molecule has 1 N–H and O–H groups in total. The van der Waals surface area contributed by atoms with Crippen molar-refractivity contribution < 1.29 is 0 Å². The molecule has 3 nitrogen and oxygen atoms in total. The number of hydrogen-bond acceptors (Lipinski definition) is 4. The number of benzene rings is 1. The van der Waals surface area contributed by atoms with E-state index in [-0.39, 0.29) is 0 Å². The predicted molar refractivity (Wildman–Crippen MR) is 86.3 cm³/mol. The first kappa shape index (κ1) is 15.1. The molecule has 0 radical (unpaired) electrons. The first-order valence-corrected chi connectivity index (χ1v) is 8.13. The van der Waals surface area contributed by atoms with Crippen LogP contribution >= 0.6 is 11.3 Å². The number of nitrogens with zero attached hydrogens (tertiary/aromatic N) is 2. The van der Waals surface area contributed by atoms with E-state index in [1.165, 1.54) is 23.1 Å². The molecule has 4 heteroatoms. The zero-order valence-corrected chi connectivity index (χ0v) is 13.4. The first-order chi connectivity index (χ1) is 9.72. The lowest BCUT2D eigenvalue weighted by Crippen LogP contribution is -2.16. The van der Waals surface area contributed by atoms with E-state index < -0.39 is 0 Å². The number of aromatic nitrogens is 2. The highest BCUT2D eigenvalue weighted by Crippen LogP contribution is 2.28. The van der Waals surface area contributed by atoms with E-state index in [9.17, 15) is 0 Å². The molecule has 2 rings (SSSR count). The van der Waals surface area contributed by atoms with Gasteiger partial charge < -0.3 is 5.32 Å². The van der Waals surface area contributed by atoms with Crippen molar-refractivity contribution in [2.45, 2.75) is 40.0 Å². The minimum absolute atomic E-state index is 1.01. The molecule has 0 fully saturated rings. The Labute approximate surface area is 125 Å². The second-order valence-corrected chi connectivity index (χ2v) is 6.16. The molecular weight excluding hydrogens is 266 g/mol. The van der Waals surface area contributed by atoms with Crippen LogP contribution in [0.2, 0.25) is 0 Å². The molecule has 0 saturated heterocycles. The Morgan fingerprint density at radius 2 is 2.00 bits per heavy atom. The van der Waals surface area contributed by atoms with E-state index in [1.54, 1.807) is 11.3 Å². The number of aryl methyl sites for hydroxylation is 2. The molecule has 0 aliphatic rings. The van der Waals surface area contributed by atoms with Gasteiger partial charge >= 0.3 is 0 Å². The topological polar surface area (TPSA) is 37.8 Å². The fourth-order valence-corrected chi connectivity index (χ4v) is 3.08. The molecule has 0 amide bonds. The quantitative estimate of drug-likeness (QED) is 0.789. The van der Waals surface area contributed by atoms with Crippen molar-refractivity contribution in [1.82, 2.24) is 15.5 Å². The predicted octanol–water partition coefficient (Wildman–Crippen LogP) is 3.75. The Hall–Kier alpha value is -1.26. The summed E-state index contributed by atoms with van der Waals surface area (Å²) in [5.74, 6) is 0. The summed E-state index contributed by atoms with van der Waals surface area (Å²) in [5.41, 5.74) is 3.83. The highest BCUT2D eigenvalue weighted by molar-refractivity contribution is 7.14. The van der Waals surface area contributed by atoms with Gasteiger partial charge in [-0.15, -0.1) is 10.2 Å². The molecule has 2 aromatic rings. The Balaban J connectivity index is 1.97. The van der Waals surface area contributed by atoms with Crippen LogP contribution in [0.1, 0.15) is 35.9 Å². The largest absolute Gasteiger partial charge is 0.317 e. The monoisotopic (exact) mass is 289 g/mol. The van der Waals surface area contributed by atoms with Gasteiger partial charge in [-0.3, -0.25) is 0 Å². The van der Waals surface area contributed by atoms with Crippen molar-refractivity contribution in [2.75, 3.05) is 13.1 Å². The maximum atomic E-state index is 4.35. The zero-order valence-electron chi connectivity index (χ0n) is 12.6. The minimum atomic E-state index is 1.01. The molecule has 0 aliphatic heterocycles. The number of hydrogen-bond donors (Lipinski definition) is 1. The Kier molecular flexibility index (Phi) is 5.68. The Morgan fingerprint density at radius 1 is 1.15 bits per heavy atom. The van der Waals surface area contributed by atoms with Crippen molar-refractivity contribution >= 4 is 11.3 Å². The van der Waals surface area contributed by atoms with Gasteiger partial charge in [-0.05, 0) is 50.9 Å². The van der Waals surface area contributed by atoms with E-state index >= 15 is 0 Å². The minimum Gasteiger partial charge on any atom is -0.317 e. The number of rotatable bonds is 7. The van der Waals surface area contributed by atoms with Gasteiger partial charge in [-0.1, -0.05) is 36.5 Å². The summed E-state index contributed by atoms with van der Waals surface area (Å²) in [4.78, 5) is 0. The van der Waals surface area contributed by atoms with Crippen molar-refractivity contribution in [3.05, 3.63) is 34.3 Å². The molecule has 1 aromatic carbocycles. The highest BCUT2D eigenvalue weighted by atomic mass is 32.1. The van der Waals surface area contributed by atoms with Crippen LogP contribution in [0.5, 0.6) is 0 Å². The molecule has 108 valence electrons. The normalized spacial score (nSPS) is 10.9. The molecule has 0 aliphatic carbocycles. The third-order valence-corrected chi connectivity index (χ3v) is 4.49. The van der Waals surface area contributed by atoms with E-state index in [4.69, 9.17) is 0 Å². The number of nitrogens with one attached hydrogen (secondary N) is 1. The fourth-order valence-electron chi connectivity index (χ4n) is 2.11. The molecule has 0 saturated carbocycles. The van der Waals surface area contributed by atoms with E-state index in [0.29, 0.717) is 0 Å². The van der Waals surface area contributed by atoms with Crippen molar-refractivity contribution in [3.63, 3.8) is 0 Å². The lowest BCUT2D eigenvalue weighted by Gasteiger charge is -2.04. The smallest absolute Gasteiger partial charge is 0.148 e. The second-order valence-electron chi connectivity index (χ2n) is 5.10. The molecular formula is C16H23N3S. The summed E-state index contributed by atoms with van der Waals surface area (Å²) in [6.45, 7) is 8.64. The molecule has 0 spiro atoms. The molecule has 20 heavy (non-hydrogen) atoms. The van der Waals surface area contributed by atoms with E-state index in [1.807, 2.05) is 0 Å². The van der Waals surface area contributed by atoms with Crippen LogP contribution in [0.15, 0.2) is 18.2 Å². The third-order valence-electron chi connectivity index (χ3n) is 3.47. The van der Waals surface area contributed by atoms with Crippen LogP contribution in [0.25, 0.3) is 10.6 Å². The van der Waals surface area contributed by atoms with Crippen LogP contribution in [0, 0.1) is 13.8 Å². The fraction of sp³-hybridized carbons (Fsp3) is 0.500. The van der Waals surface area contributed by atoms with E-state index in [0.717, 1.165) is 35.9 Å². The van der Waals surface area contributed by atoms with Gasteiger partial charge in [-0.25, -0.2) is 0 Å². The van der Waals surface area contributed by atoms with Gasteiger partial charge in [-0.2, -0.15) is 0 Å². The molecule has 1 heterocycles. The Morgan fingerprint density at radius 3 is 2.80 bits per heavy atom. The summed E-state index contributed by atoms with van der Waals surface area (Å²) in [7, 11) is 0. The first-order valence-electron chi connectivity index (χ1n) is 7.32. The molecule has 1 aromatic heterocycles. The third kappa shape index (κ3) is 3.87. The summed E-state index contributed by atoms with van der Waals surface area (Å²) in [6, 6.07) is 6.36. The lowest BCUT2D eigenvalue weighted by molar-refractivity contribution is 0.637. The summed E-state index contributed by atoms with van der Waals surface area (Å²) in [6.07, 6.45) is 3.33. The average molecular weight is 289 g/mol. The van der Waals surface area contributed by atoms with Gasteiger partial charge in [0, 0.05) is 12.0 Å². The maximum Gasteiger partial charge on any atom is 0.148 e. The highest BCUT2D eigenvalue weighted by Gasteiger charge is 2.09. The van der Waals surface area contributed by atoms with Gasteiger partial charge in [0.05, 0.1) is 0 Å². The molecule has 0 atom stereocenters. The molecule has 0 unspecified atom stereocenters. The van der Waals surface area contributed by atoms with E-state index in [2.05, 4.69) is 54.5 Å². The standard InChI is InChI=1S/C16H23N3S/c1-4-10-17-11-6-9-15-18-19-16(20-15)14-8-5-7-12(2)13(14)3/h5,7-8,17H,4,6,9-11H2,1-3H3. The van der Waals surface area contributed by atoms with Gasteiger partial charge in [0.15, 0.2) is 0 Å². The average Bonchev–Trinajstić information content (AvgIpc) is 2.90. The summed E-state index contributed by atoms with van der Waals surface area (Å²) in [5, 5.41) is 14.3. The molecule has 0 bridgehead atoms.